The highest BCUT2D eigenvalue weighted by atomic mass is 16.5. The predicted octanol–water partition coefficient (Wildman–Crippen LogP) is 2.65. The second-order valence-electron chi connectivity index (χ2n) is 7.19. The van der Waals surface area contributed by atoms with E-state index in [4.69, 9.17) is 4.74 Å². The number of fused-ring (bicyclic) bond motifs is 1. The summed E-state index contributed by atoms with van der Waals surface area (Å²) in [7, 11) is 0. The van der Waals surface area contributed by atoms with Crippen LogP contribution < -0.4 is 5.32 Å². The van der Waals surface area contributed by atoms with Crippen molar-refractivity contribution in [3.63, 3.8) is 0 Å². The normalized spacial score (nSPS) is 14.8. The number of carbonyl (C=O) groups is 4. The number of nitrogens with zero attached hydrogens (tertiary/aromatic N) is 1. The summed E-state index contributed by atoms with van der Waals surface area (Å²) in [5.74, 6) is -2.38. The highest BCUT2D eigenvalue weighted by Gasteiger charge is 2.41. The van der Waals surface area contributed by atoms with Gasteiger partial charge < -0.3 is 10.1 Å². The molecule has 7 nitrogen and oxygen atoms in total. The van der Waals surface area contributed by atoms with E-state index in [9.17, 15) is 19.2 Å². The fraction of sp³-hybridized carbons (Fsp3) is 0.304. The van der Waals surface area contributed by atoms with Gasteiger partial charge in [0.1, 0.15) is 6.04 Å². The van der Waals surface area contributed by atoms with Crippen molar-refractivity contribution in [3.8, 4) is 0 Å². The van der Waals surface area contributed by atoms with E-state index < -0.39 is 36.3 Å². The van der Waals surface area contributed by atoms with Crippen molar-refractivity contribution >= 4 is 23.7 Å². The van der Waals surface area contributed by atoms with E-state index in [2.05, 4.69) is 12.2 Å². The second kappa shape index (κ2) is 8.90. The second-order valence-corrected chi connectivity index (χ2v) is 7.19. The first-order chi connectivity index (χ1) is 14.3. The lowest BCUT2D eigenvalue weighted by molar-refractivity contribution is -0.152. The zero-order chi connectivity index (χ0) is 21.8. The Morgan fingerprint density at radius 1 is 0.967 bits per heavy atom. The summed E-state index contributed by atoms with van der Waals surface area (Å²) in [4.78, 5) is 50.3. The van der Waals surface area contributed by atoms with Gasteiger partial charge in [0.2, 0.25) is 0 Å². The minimum Gasteiger partial charge on any atom is -0.454 e. The monoisotopic (exact) mass is 408 g/mol. The van der Waals surface area contributed by atoms with Gasteiger partial charge in [-0.2, -0.15) is 0 Å². The zero-order valence-electron chi connectivity index (χ0n) is 17.2. The van der Waals surface area contributed by atoms with Crippen molar-refractivity contribution < 1.29 is 23.9 Å². The lowest BCUT2D eigenvalue weighted by Crippen LogP contribution is -2.44. The Hall–Kier alpha value is -3.48. The first kappa shape index (κ1) is 21.2. The van der Waals surface area contributed by atoms with Crippen LogP contribution in [0.4, 0.5) is 0 Å². The zero-order valence-corrected chi connectivity index (χ0v) is 17.2. The molecule has 2 atom stereocenters. The molecule has 3 rings (SSSR count). The van der Waals surface area contributed by atoms with Gasteiger partial charge in [-0.1, -0.05) is 43.3 Å². The Bertz CT molecular complexity index is 948. The average molecular weight is 408 g/mol. The topological polar surface area (TPSA) is 92.8 Å². The molecule has 0 saturated carbocycles. The van der Waals surface area contributed by atoms with Gasteiger partial charge in [0.15, 0.2) is 6.61 Å². The van der Waals surface area contributed by atoms with Crippen LogP contribution in [0.2, 0.25) is 0 Å². The molecule has 0 spiro atoms. The van der Waals surface area contributed by atoms with Gasteiger partial charge in [-0.05, 0) is 43.5 Å². The Morgan fingerprint density at radius 2 is 1.53 bits per heavy atom. The van der Waals surface area contributed by atoms with Crippen LogP contribution in [0.25, 0.3) is 0 Å². The van der Waals surface area contributed by atoms with Crippen LogP contribution in [0.5, 0.6) is 0 Å². The molecule has 1 aliphatic heterocycles. The predicted molar refractivity (Wildman–Crippen MR) is 110 cm³/mol. The lowest BCUT2D eigenvalue weighted by atomic mass is 10.1. The third kappa shape index (κ3) is 4.25. The van der Waals surface area contributed by atoms with E-state index >= 15 is 0 Å². The summed E-state index contributed by atoms with van der Waals surface area (Å²) in [6, 6.07) is 12.9. The molecule has 0 aromatic heterocycles. The molecule has 156 valence electrons. The van der Waals surface area contributed by atoms with E-state index in [0.717, 1.165) is 16.9 Å². The number of esters is 1. The number of aryl methyl sites for hydroxylation is 1. The van der Waals surface area contributed by atoms with Gasteiger partial charge in [-0.3, -0.25) is 19.3 Å². The smallest absolute Gasteiger partial charge is 0.329 e. The molecule has 0 aliphatic carbocycles. The number of ether oxygens (including phenoxy) is 1. The summed E-state index contributed by atoms with van der Waals surface area (Å²) in [5.41, 5.74) is 2.64. The standard InChI is InChI=1S/C23H24N2O5/c1-4-16-9-11-17(12-10-16)14(2)24-20(26)13-30-23(29)15(3)25-21(27)18-7-5-6-8-19(18)22(25)28/h5-12,14-15H,4,13H2,1-3H3,(H,24,26)/t14-,15+/m0/s1. The summed E-state index contributed by atoms with van der Waals surface area (Å²) < 4.78 is 5.05. The lowest BCUT2D eigenvalue weighted by Gasteiger charge is -2.21. The summed E-state index contributed by atoms with van der Waals surface area (Å²) in [5, 5.41) is 2.77. The highest BCUT2D eigenvalue weighted by molar-refractivity contribution is 6.22. The third-order valence-corrected chi connectivity index (χ3v) is 5.16. The van der Waals surface area contributed by atoms with Crippen LogP contribution in [0.1, 0.15) is 58.7 Å². The SMILES string of the molecule is CCc1ccc([C@H](C)NC(=O)COC(=O)[C@@H](C)N2C(=O)c3ccccc3C2=O)cc1. The van der Waals surface area contributed by atoms with Crippen LogP contribution in [0, 0.1) is 0 Å². The molecule has 0 bridgehead atoms. The molecule has 0 unspecified atom stereocenters. The molecule has 1 N–H and O–H groups in total. The van der Waals surface area contributed by atoms with Crippen LogP contribution in [0.3, 0.4) is 0 Å². The minimum absolute atomic E-state index is 0.253. The Kier molecular flexibility index (Phi) is 6.30. The molecule has 1 heterocycles. The van der Waals surface area contributed by atoms with E-state index in [-0.39, 0.29) is 17.2 Å². The van der Waals surface area contributed by atoms with Crippen LogP contribution in [-0.4, -0.2) is 41.2 Å². The van der Waals surface area contributed by atoms with Crippen molar-refractivity contribution in [2.45, 2.75) is 39.3 Å². The number of hydrogen-bond donors (Lipinski definition) is 1. The quantitative estimate of drug-likeness (QED) is 0.562. The van der Waals surface area contributed by atoms with Crippen LogP contribution >= 0.6 is 0 Å². The van der Waals surface area contributed by atoms with E-state index in [0.29, 0.717) is 0 Å². The number of amides is 3. The van der Waals surface area contributed by atoms with Crippen molar-refractivity contribution in [2.24, 2.45) is 0 Å². The highest BCUT2D eigenvalue weighted by Crippen LogP contribution is 2.24. The maximum absolute atomic E-state index is 12.5. The summed E-state index contributed by atoms with van der Waals surface area (Å²) in [6.07, 6.45) is 0.933. The molecular formula is C23H24N2O5. The van der Waals surface area contributed by atoms with Crippen LogP contribution in [-0.2, 0) is 20.7 Å². The molecule has 0 fully saturated rings. The Labute approximate surface area is 175 Å². The Morgan fingerprint density at radius 3 is 2.07 bits per heavy atom. The van der Waals surface area contributed by atoms with E-state index in [1.807, 2.05) is 31.2 Å². The largest absolute Gasteiger partial charge is 0.454 e. The number of rotatable bonds is 7. The molecule has 0 radical (unpaired) electrons. The first-order valence-electron chi connectivity index (χ1n) is 9.85. The number of imide groups is 1. The average Bonchev–Trinajstić information content (AvgIpc) is 3.02. The summed E-state index contributed by atoms with van der Waals surface area (Å²) in [6.45, 7) is 4.81. The molecule has 2 aromatic carbocycles. The maximum atomic E-state index is 12.5. The number of hydrogen-bond acceptors (Lipinski definition) is 5. The van der Waals surface area contributed by atoms with Gasteiger partial charge in [0.25, 0.3) is 17.7 Å². The number of benzene rings is 2. The fourth-order valence-electron chi connectivity index (χ4n) is 3.33. The molecule has 2 aromatic rings. The maximum Gasteiger partial charge on any atom is 0.329 e. The van der Waals surface area contributed by atoms with Gasteiger partial charge >= 0.3 is 5.97 Å². The van der Waals surface area contributed by atoms with E-state index in [1.165, 1.54) is 24.6 Å². The molecule has 7 heteroatoms. The molecule has 1 aliphatic rings. The Balaban J connectivity index is 1.54. The minimum atomic E-state index is -1.13. The van der Waals surface area contributed by atoms with Gasteiger partial charge in [0.05, 0.1) is 17.2 Å². The fourth-order valence-corrected chi connectivity index (χ4v) is 3.33. The number of carbonyl (C=O) groups excluding carboxylic acids is 4. The van der Waals surface area contributed by atoms with Crippen molar-refractivity contribution in [2.75, 3.05) is 6.61 Å². The van der Waals surface area contributed by atoms with Gasteiger partial charge in [-0.25, -0.2) is 4.79 Å². The van der Waals surface area contributed by atoms with Crippen molar-refractivity contribution in [1.29, 1.82) is 0 Å². The van der Waals surface area contributed by atoms with Gasteiger partial charge in [0, 0.05) is 0 Å². The van der Waals surface area contributed by atoms with Crippen LogP contribution in [0.15, 0.2) is 48.5 Å². The van der Waals surface area contributed by atoms with E-state index in [1.54, 1.807) is 12.1 Å². The molecular weight excluding hydrogens is 384 g/mol. The first-order valence-corrected chi connectivity index (χ1v) is 9.85. The molecule has 0 saturated heterocycles. The molecule has 3 amide bonds. The van der Waals surface area contributed by atoms with Crippen molar-refractivity contribution in [1.82, 2.24) is 10.2 Å². The third-order valence-electron chi connectivity index (χ3n) is 5.16. The van der Waals surface area contributed by atoms with Gasteiger partial charge in [-0.15, -0.1) is 0 Å². The number of nitrogens with one attached hydrogen (secondary N) is 1. The van der Waals surface area contributed by atoms with Crippen molar-refractivity contribution in [3.05, 3.63) is 70.8 Å². The summed E-state index contributed by atoms with van der Waals surface area (Å²) >= 11 is 0. The molecule has 30 heavy (non-hydrogen) atoms.